The number of rotatable bonds is 2. The van der Waals surface area contributed by atoms with Crippen LogP contribution < -0.4 is 5.73 Å². The highest BCUT2D eigenvalue weighted by Gasteiger charge is 2.36. The highest BCUT2D eigenvalue weighted by Crippen LogP contribution is 2.30. The number of sulfonamides is 1. The Kier molecular flexibility index (Phi) is 3.98. The van der Waals surface area contributed by atoms with Crippen molar-refractivity contribution in [1.29, 1.82) is 0 Å². The van der Waals surface area contributed by atoms with Gasteiger partial charge in [-0.25, -0.2) is 12.8 Å². The third-order valence-corrected chi connectivity index (χ3v) is 5.15. The molecule has 20 heavy (non-hydrogen) atoms. The van der Waals surface area contributed by atoms with Gasteiger partial charge in [0.1, 0.15) is 4.90 Å². The van der Waals surface area contributed by atoms with Gasteiger partial charge >= 0.3 is 0 Å². The SMILES string of the molecule is CC1(C)CN(S(=O)(=O)c2cc(N)cc(Cl)c2F)CCO1. The number of nitrogens with zero attached hydrogens (tertiary/aromatic N) is 1. The number of halogens is 2. The van der Waals surface area contributed by atoms with E-state index in [0.29, 0.717) is 0 Å². The number of benzene rings is 1. The average molecular weight is 323 g/mol. The van der Waals surface area contributed by atoms with E-state index >= 15 is 0 Å². The fourth-order valence-corrected chi connectivity index (χ4v) is 4.07. The fraction of sp³-hybridized carbons (Fsp3) is 0.500. The lowest BCUT2D eigenvalue weighted by Crippen LogP contribution is -2.50. The molecule has 0 unspecified atom stereocenters. The topological polar surface area (TPSA) is 72.6 Å². The van der Waals surface area contributed by atoms with E-state index in [1.165, 1.54) is 10.4 Å². The first-order valence-corrected chi connectivity index (χ1v) is 7.84. The Morgan fingerprint density at radius 2 is 2.10 bits per heavy atom. The molecule has 0 aromatic heterocycles. The Hall–Kier alpha value is -0.890. The summed E-state index contributed by atoms with van der Waals surface area (Å²) in [6.07, 6.45) is 0. The van der Waals surface area contributed by atoms with Gasteiger partial charge in [0, 0.05) is 18.8 Å². The molecule has 0 saturated carbocycles. The molecule has 1 aromatic rings. The van der Waals surface area contributed by atoms with Crippen LogP contribution in [0.5, 0.6) is 0 Å². The molecule has 5 nitrogen and oxygen atoms in total. The number of ether oxygens (including phenoxy) is 1. The monoisotopic (exact) mass is 322 g/mol. The van der Waals surface area contributed by atoms with Crippen LogP contribution in [-0.2, 0) is 14.8 Å². The molecule has 0 radical (unpaired) electrons. The van der Waals surface area contributed by atoms with Crippen molar-refractivity contribution in [2.45, 2.75) is 24.3 Å². The standard InChI is InChI=1S/C12H16ClFN2O3S/c1-12(2)7-16(3-4-19-12)20(17,18)10-6-8(15)5-9(13)11(10)14/h5-6H,3-4,7,15H2,1-2H3. The summed E-state index contributed by atoms with van der Waals surface area (Å²) < 4.78 is 45.7. The van der Waals surface area contributed by atoms with Crippen LogP contribution in [0, 0.1) is 5.82 Å². The van der Waals surface area contributed by atoms with Crippen LogP contribution in [0.15, 0.2) is 17.0 Å². The van der Waals surface area contributed by atoms with E-state index in [2.05, 4.69) is 0 Å². The maximum Gasteiger partial charge on any atom is 0.246 e. The van der Waals surface area contributed by atoms with Crippen LogP contribution in [0.3, 0.4) is 0 Å². The molecule has 0 bridgehead atoms. The van der Waals surface area contributed by atoms with Crippen LogP contribution in [0.1, 0.15) is 13.8 Å². The van der Waals surface area contributed by atoms with Crippen molar-refractivity contribution in [3.8, 4) is 0 Å². The summed E-state index contributed by atoms with van der Waals surface area (Å²) in [5.74, 6) is -0.981. The van der Waals surface area contributed by atoms with Gasteiger partial charge in [-0.2, -0.15) is 4.31 Å². The number of nitrogens with two attached hydrogens (primary N) is 1. The molecule has 1 fully saturated rings. The smallest absolute Gasteiger partial charge is 0.246 e. The first-order chi connectivity index (χ1) is 9.13. The van der Waals surface area contributed by atoms with E-state index in [1.54, 1.807) is 13.8 Å². The summed E-state index contributed by atoms with van der Waals surface area (Å²) in [7, 11) is -3.99. The summed E-state index contributed by atoms with van der Waals surface area (Å²) in [6, 6.07) is 2.26. The second kappa shape index (κ2) is 5.14. The number of morpholine rings is 1. The zero-order valence-corrected chi connectivity index (χ0v) is 12.8. The summed E-state index contributed by atoms with van der Waals surface area (Å²) in [6.45, 7) is 4.11. The lowest BCUT2D eigenvalue weighted by atomic mass is 10.1. The Morgan fingerprint density at radius 1 is 1.45 bits per heavy atom. The average Bonchev–Trinajstić information content (AvgIpc) is 2.32. The molecule has 1 aromatic carbocycles. The van der Waals surface area contributed by atoms with Gasteiger partial charge in [-0.3, -0.25) is 0 Å². The molecule has 1 saturated heterocycles. The summed E-state index contributed by atoms with van der Waals surface area (Å²) >= 11 is 5.66. The quantitative estimate of drug-likeness (QED) is 0.844. The Labute approximate surface area is 122 Å². The molecular weight excluding hydrogens is 307 g/mol. The summed E-state index contributed by atoms with van der Waals surface area (Å²) in [5.41, 5.74) is 5.03. The molecule has 0 atom stereocenters. The lowest BCUT2D eigenvalue weighted by molar-refractivity contribution is -0.0640. The van der Waals surface area contributed by atoms with Crippen LogP contribution in [0.25, 0.3) is 0 Å². The van der Waals surface area contributed by atoms with E-state index in [4.69, 9.17) is 22.1 Å². The minimum atomic E-state index is -3.99. The molecule has 112 valence electrons. The molecule has 1 aliphatic heterocycles. The molecule has 2 rings (SSSR count). The van der Waals surface area contributed by atoms with Crippen molar-refractivity contribution in [1.82, 2.24) is 4.31 Å². The number of nitrogen functional groups attached to an aromatic ring is 1. The van der Waals surface area contributed by atoms with Gasteiger partial charge in [0.15, 0.2) is 5.82 Å². The van der Waals surface area contributed by atoms with E-state index in [9.17, 15) is 12.8 Å². The summed E-state index contributed by atoms with van der Waals surface area (Å²) in [4.78, 5) is -0.500. The van der Waals surface area contributed by atoms with Gasteiger partial charge in [-0.05, 0) is 26.0 Å². The van der Waals surface area contributed by atoms with Crippen molar-refractivity contribution < 1.29 is 17.5 Å². The number of hydrogen-bond acceptors (Lipinski definition) is 4. The second-order valence-electron chi connectivity index (χ2n) is 5.26. The second-order valence-corrected chi connectivity index (χ2v) is 7.58. The van der Waals surface area contributed by atoms with Crippen molar-refractivity contribution >= 4 is 27.3 Å². The largest absolute Gasteiger partial charge is 0.399 e. The van der Waals surface area contributed by atoms with Gasteiger partial charge in [-0.15, -0.1) is 0 Å². The van der Waals surface area contributed by atoms with Crippen molar-refractivity contribution in [2.75, 3.05) is 25.4 Å². The van der Waals surface area contributed by atoms with E-state index in [-0.39, 0.29) is 30.4 Å². The van der Waals surface area contributed by atoms with Gasteiger partial charge in [0.25, 0.3) is 0 Å². The maximum atomic E-state index is 14.0. The van der Waals surface area contributed by atoms with Crippen LogP contribution in [0.2, 0.25) is 5.02 Å². The number of anilines is 1. The molecule has 0 amide bonds. The molecule has 2 N–H and O–H groups in total. The Balaban J connectivity index is 2.46. The molecule has 0 spiro atoms. The van der Waals surface area contributed by atoms with Gasteiger partial charge in [0.2, 0.25) is 10.0 Å². The Bertz CT molecular complexity index is 634. The minimum Gasteiger partial charge on any atom is -0.399 e. The predicted octanol–water partition coefficient (Wildman–Crippen LogP) is 1.86. The van der Waals surface area contributed by atoms with E-state index < -0.39 is 26.3 Å². The van der Waals surface area contributed by atoms with Crippen molar-refractivity contribution in [3.05, 3.63) is 23.0 Å². The third-order valence-electron chi connectivity index (χ3n) is 3.03. The molecule has 1 heterocycles. The maximum absolute atomic E-state index is 14.0. The highest BCUT2D eigenvalue weighted by molar-refractivity contribution is 7.89. The molecular formula is C12H16ClFN2O3S. The van der Waals surface area contributed by atoms with Crippen LogP contribution in [0.4, 0.5) is 10.1 Å². The molecule has 0 aliphatic carbocycles. The fourth-order valence-electron chi connectivity index (χ4n) is 2.09. The van der Waals surface area contributed by atoms with Crippen LogP contribution >= 0.6 is 11.6 Å². The normalized spacial score (nSPS) is 20.0. The minimum absolute atomic E-state index is 0.0995. The number of hydrogen-bond donors (Lipinski definition) is 1. The summed E-state index contributed by atoms with van der Waals surface area (Å²) in [5, 5.41) is -0.309. The third kappa shape index (κ3) is 2.90. The molecule has 8 heteroatoms. The zero-order chi connectivity index (χ0) is 15.1. The van der Waals surface area contributed by atoms with Gasteiger partial charge in [-0.1, -0.05) is 11.6 Å². The van der Waals surface area contributed by atoms with E-state index in [1.807, 2.05) is 0 Å². The van der Waals surface area contributed by atoms with Gasteiger partial charge in [0.05, 0.1) is 17.2 Å². The molecule has 1 aliphatic rings. The van der Waals surface area contributed by atoms with E-state index in [0.717, 1.165) is 6.07 Å². The predicted molar refractivity (Wildman–Crippen MR) is 74.6 cm³/mol. The first kappa shape index (κ1) is 15.5. The van der Waals surface area contributed by atoms with Crippen molar-refractivity contribution in [3.63, 3.8) is 0 Å². The van der Waals surface area contributed by atoms with Gasteiger partial charge < -0.3 is 10.5 Å². The lowest BCUT2D eigenvalue weighted by Gasteiger charge is -2.37. The highest BCUT2D eigenvalue weighted by atomic mass is 35.5. The first-order valence-electron chi connectivity index (χ1n) is 6.02. The van der Waals surface area contributed by atoms with Crippen LogP contribution in [-0.4, -0.2) is 38.0 Å². The van der Waals surface area contributed by atoms with Crippen molar-refractivity contribution in [2.24, 2.45) is 0 Å². The Morgan fingerprint density at radius 3 is 2.70 bits per heavy atom. The zero-order valence-electron chi connectivity index (χ0n) is 11.2.